The second kappa shape index (κ2) is 5.95. The predicted molar refractivity (Wildman–Crippen MR) is 78.1 cm³/mol. The quantitative estimate of drug-likeness (QED) is 0.431. The molecule has 1 aliphatic heterocycles. The molecule has 0 aromatic carbocycles. The molecule has 3 rings (SSSR count). The first-order valence-corrected chi connectivity index (χ1v) is 6.93. The van der Waals surface area contributed by atoms with Crippen LogP contribution in [0, 0.1) is 0 Å². The number of carbonyl (C=O) groups is 1. The molecule has 2 aromatic heterocycles. The molecular formula is C12H17N7O4. The molecule has 2 amide bonds. The van der Waals surface area contributed by atoms with E-state index in [4.69, 9.17) is 10.5 Å². The van der Waals surface area contributed by atoms with Crippen molar-refractivity contribution < 1.29 is 19.7 Å². The van der Waals surface area contributed by atoms with E-state index in [-0.39, 0.29) is 12.4 Å². The molecule has 1 saturated heterocycles. The van der Waals surface area contributed by atoms with E-state index in [0.717, 1.165) is 0 Å². The summed E-state index contributed by atoms with van der Waals surface area (Å²) in [5.41, 5.74) is 6.48. The zero-order valence-corrected chi connectivity index (χ0v) is 12.2. The van der Waals surface area contributed by atoms with Gasteiger partial charge in [-0.1, -0.05) is 0 Å². The minimum Gasteiger partial charge on any atom is -0.387 e. The van der Waals surface area contributed by atoms with Crippen molar-refractivity contribution in [2.75, 3.05) is 19.3 Å². The number of hydrogen-bond donors (Lipinski definition) is 5. The van der Waals surface area contributed by atoms with Gasteiger partial charge >= 0.3 is 6.03 Å². The summed E-state index contributed by atoms with van der Waals surface area (Å²) in [6.45, 7) is 0.0398. The highest BCUT2D eigenvalue weighted by molar-refractivity contribution is 5.81. The Morgan fingerprint density at radius 1 is 1.39 bits per heavy atom. The molecule has 124 valence electrons. The van der Waals surface area contributed by atoms with Gasteiger partial charge in [-0.05, 0) is 0 Å². The van der Waals surface area contributed by atoms with E-state index < -0.39 is 30.6 Å². The molecule has 0 spiro atoms. The van der Waals surface area contributed by atoms with Gasteiger partial charge < -0.3 is 31.3 Å². The Morgan fingerprint density at radius 2 is 2.17 bits per heavy atom. The average Bonchev–Trinajstić information content (AvgIpc) is 3.09. The van der Waals surface area contributed by atoms with Crippen LogP contribution in [0.5, 0.6) is 0 Å². The van der Waals surface area contributed by atoms with E-state index in [1.807, 2.05) is 0 Å². The normalized spacial score (nSPS) is 27.3. The van der Waals surface area contributed by atoms with Crippen molar-refractivity contribution in [3.05, 3.63) is 12.7 Å². The minimum atomic E-state index is -1.21. The van der Waals surface area contributed by atoms with Crippen LogP contribution in [0.1, 0.15) is 6.23 Å². The van der Waals surface area contributed by atoms with Gasteiger partial charge in [-0.15, -0.1) is 0 Å². The third kappa shape index (κ3) is 2.65. The summed E-state index contributed by atoms with van der Waals surface area (Å²) in [6.07, 6.45) is -1.37. The number of ether oxygens (including phenoxy) is 1. The Kier molecular flexibility index (Phi) is 3.98. The van der Waals surface area contributed by atoms with Gasteiger partial charge in [0, 0.05) is 13.6 Å². The van der Waals surface area contributed by atoms with Crippen LogP contribution in [-0.4, -0.2) is 67.7 Å². The lowest BCUT2D eigenvalue weighted by Gasteiger charge is -2.16. The number of carbonyl (C=O) groups excluding carboxylic acids is 1. The van der Waals surface area contributed by atoms with Crippen LogP contribution in [-0.2, 0) is 4.74 Å². The lowest BCUT2D eigenvalue weighted by molar-refractivity contribution is -0.0335. The molecule has 4 unspecified atom stereocenters. The molecule has 0 radical (unpaired) electrons. The SMILES string of the molecule is CNC(=O)NCC1OC(n2cnc3c(N)ncnc32)C(O)C1O. The number of anilines is 1. The van der Waals surface area contributed by atoms with Crippen LogP contribution in [0.4, 0.5) is 10.6 Å². The monoisotopic (exact) mass is 323 g/mol. The maximum atomic E-state index is 11.2. The van der Waals surface area contributed by atoms with E-state index >= 15 is 0 Å². The van der Waals surface area contributed by atoms with E-state index in [2.05, 4.69) is 25.6 Å². The van der Waals surface area contributed by atoms with Gasteiger partial charge in [-0.2, -0.15) is 0 Å². The van der Waals surface area contributed by atoms with E-state index in [0.29, 0.717) is 11.2 Å². The number of nitrogens with zero attached hydrogens (tertiary/aromatic N) is 4. The lowest BCUT2D eigenvalue weighted by atomic mass is 10.1. The van der Waals surface area contributed by atoms with Crippen LogP contribution in [0.3, 0.4) is 0 Å². The second-order valence-corrected chi connectivity index (χ2v) is 5.09. The van der Waals surface area contributed by atoms with E-state index in [1.54, 1.807) is 0 Å². The summed E-state index contributed by atoms with van der Waals surface area (Å²) in [7, 11) is 1.47. The number of aliphatic hydroxyl groups excluding tert-OH is 2. The summed E-state index contributed by atoms with van der Waals surface area (Å²) in [5.74, 6) is 0.208. The maximum Gasteiger partial charge on any atom is 0.314 e. The Hall–Kier alpha value is -2.50. The van der Waals surface area contributed by atoms with Crippen molar-refractivity contribution >= 4 is 23.0 Å². The van der Waals surface area contributed by atoms with E-state index in [1.165, 1.54) is 24.3 Å². The minimum absolute atomic E-state index is 0.0398. The molecule has 1 fully saturated rings. The van der Waals surface area contributed by atoms with Crippen LogP contribution in [0.25, 0.3) is 11.2 Å². The fourth-order valence-electron chi connectivity index (χ4n) is 2.47. The van der Waals surface area contributed by atoms with Gasteiger partial charge in [0.1, 0.15) is 30.2 Å². The van der Waals surface area contributed by atoms with Gasteiger partial charge in [0.15, 0.2) is 17.7 Å². The molecular weight excluding hydrogens is 306 g/mol. The Balaban J connectivity index is 1.82. The number of fused-ring (bicyclic) bond motifs is 1. The average molecular weight is 323 g/mol. The topological polar surface area (TPSA) is 160 Å². The van der Waals surface area contributed by atoms with Gasteiger partial charge in [0.2, 0.25) is 0 Å². The Morgan fingerprint density at radius 3 is 2.91 bits per heavy atom. The van der Waals surface area contributed by atoms with Crippen LogP contribution in [0.15, 0.2) is 12.7 Å². The highest BCUT2D eigenvalue weighted by Crippen LogP contribution is 2.31. The first-order chi connectivity index (χ1) is 11.0. The number of nitrogens with two attached hydrogens (primary N) is 1. The molecule has 0 bridgehead atoms. The van der Waals surface area contributed by atoms with Crippen molar-refractivity contribution in [1.82, 2.24) is 30.2 Å². The van der Waals surface area contributed by atoms with Gasteiger partial charge in [0.25, 0.3) is 0 Å². The smallest absolute Gasteiger partial charge is 0.314 e. The number of amides is 2. The van der Waals surface area contributed by atoms with Gasteiger partial charge in [-0.3, -0.25) is 4.57 Å². The highest BCUT2D eigenvalue weighted by atomic mass is 16.6. The zero-order chi connectivity index (χ0) is 16.6. The van der Waals surface area contributed by atoms with Gasteiger partial charge in [0.05, 0.1) is 6.33 Å². The third-order valence-electron chi connectivity index (χ3n) is 3.69. The summed E-state index contributed by atoms with van der Waals surface area (Å²) in [4.78, 5) is 23.2. The third-order valence-corrected chi connectivity index (χ3v) is 3.69. The molecule has 6 N–H and O–H groups in total. The molecule has 0 aliphatic carbocycles. The van der Waals surface area contributed by atoms with Crippen molar-refractivity contribution in [2.45, 2.75) is 24.5 Å². The van der Waals surface area contributed by atoms with Crippen molar-refractivity contribution in [3.63, 3.8) is 0 Å². The molecule has 11 heteroatoms. The van der Waals surface area contributed by atoms with Crippen LogP contribution >= 0.6 is 0 Å². The molecule has 11 nitrogen and oxygen atoms in total. The number of nitrogen functional groups attached to an aromatic ring is 1. The Bertz CT molecular complexity index is 720. The summed E-state index contributed by atoms with van der Waals surface area (Å²) < 4.78 is 7.13. The van der Waals surface area contributed by atoms with Crippen molar-refractivity contribution in [2.24, 2.45) is 0 Å². The number of rotatable bonds is 3. The number of urea groups is 1. The fraction of sp³-hybridized carbons (Fsp3) is 0.500. The van der Waals surface area contributed by atoms with E-state index in [9.17, 15) is 15.0 Å². The first-order valence-electron chi connectivity index (χ1n) is 6.93. The predicted octanol–water partition coefficient (Wildman–Crippen LogP) is -2.04. The second-order valence-electron chi connectivity index (χ2n) is 5.09. The maximum absolute atomic E-state index is 11.2. The summed E-state index contributed by atoms with van der Waals surface area (Å²) >= 11 is 0. The number of imidazole rings is 1. The summed E-state index contributed by atoms with van der Waals surface area (Å²) in [5, 5.41) is 25.2. The van der Waals surface area contributed by atoms with Crippen molar-refractivity contribution in [3.8, 4) is 0 Å². The standard InChI is InChI=1S/C12H17N7O4/c1-14-12(22)15-2-5-7(20)8(21)11(23-5)19-4-18-6-9(13)16-3-17-10(6)19/h3-5,7-8,11,20-21H,2H2,1H3,(H2,13,16,17)(H2,14,15,22). The number of nitrogens with one attached hydrogen (secondary N) is 2. The zero-order valence-electron chi connectivity index (χ0n) is 12.2. The van der Waals surface area contributed by atoms with Crippen LogP contribution in [0.2, 0.25) is 0 Å². The highest BCUT2D eigenvalue weighted by Gasteiger charge is 2.44. The number of aliphatic hydroxyl groups is 2. The first kappa shape index (κ1) is 15.4. The molecule has 3 heterocycles. The molecule has 1 aliphatic rings. The molecule has 23 heavy (non-hydrogen) atoms. The molecule has 0 saturated carbocycles. The Labute approximate surface area is 130 Å². The number of aromatic nitrogens is 4. The van der Waals surface area contributed by atoms with Gasteiger partial charge in [-0.25, -0.2) is 19.7 Å². The summed E-state index contributed by atoms with van der Waals surface area (Å²) in [6, 6.07) is -0.410. The largest absolute Gasteiger partial charge is 0.387 e. The van der Waals surface area contributed by atoms with Crippen molar-refractivity contribution in [1.29, 1.82) is 0 Å². The van der Waals surface area contributed by atoms with Crippen LogP contribution < -0.4 is 16.4 Å². The number of hydrogen-bond acceptors (Lipinski definition) is 8. The lowest BCUT2D eigenvalue weighted by Crippen LogP contribution is -2.42. The fourth-order valence-corrected chi connectivity index (χ4v) is 2.47. The molecule has 2 aromatic rings. The molecule has 4 atom stereocenters.